The monoisotopic (exact) mass is 531 g/mol. The van der Waals surface area contributed by atoms with Gasteiger partial charge in [0.05, 0.1) is 13.2 Å². The van der Waals surface area contributed by atoms with Crippen LogP contribution in [-0.2, 0) is 22.1 Å². The van der Waals surface area contributed by atoms with Gasteiger partial charge >= 0.3 is 6.18 Å². The first-order valence-corrected chi connectivity index (χ1v) is 12.5. The Bertz CT molecular complexity index is 1410. The summed E-state index contributed by atoms with van der Waals surface area (Å²) < 4.78 is 63.1. The third kappa shape index (κ3) is 4.21. The van der Waals surface area contributed by atoms with E-state index in [1.165, 1.54) is 12.1 Å². The number of ether oxygens (including phenoxy) is 1. The van der Waals surface area contributed by atoms with Crippen molar-refractivity contribution in [3.63, 3.8) is 0 Å². The summed E-state index contributed by atoms with van der Waals surface area (Å²) in [5.74, 6) is -1.48. The van der Waals surface area contributed by atoms with Crippen molar-refractivity contribution in [1.82, 2.24) is 24.7 Å². The zero-order chi connectivity index (χ0) is 26.6. The van der Waals surface area contributed by atoms with Crippen LogP contribution in [0.25, 0.3) is 16.5 Å². The largest absolute Gasteiger partial charge is 0.435 e. The Balaban J connectivity index is 1.32. The van der Waals surface area contributed by atoms with Gasteiger partial charge in [0.1, 0.15) is 23.8 Å². The molecule has 0 bridgehead atoms. The quantitative estimate of drug-likeness (QED) is 0.485. The van der Waals surface area contributed by atoms with Crippen LogP contribution in [0.15, 0.2) is 36.4 Å². The van der Waals surface area contributed by atoms with Gasteiger partial charge in [-0.1, -0.05) is 24.3 Å². The number of carbonyl (C=O) groups is 2. The molecule has 0 N–H and O–H groups in total. The fourth-order valence-electron chi connectivity index (χ4n) is 5.70. The van der Waals surface area contributed by atoms with E-state index in [2.05, 4.69) is 5.10 Å². The molecule has 1 aromatic heterocycles. The fraction of sp³-hybridized carbons (Fsp3) is 0.423. The van der Waals surface area contributed by atoms with Gasteiger partial charge in [0.15, 0.2) is 5.69 Å². The molecule has 38 heavy (non-hydrogen) atoms. The number of hydrazine groups is 1. The zero-order valence-electron chi connectivity index (χ0n) is 20.4. The van der Waals surface area contributed by atoms with Gasteiger partial charge in [-0.25, -0.2) is 14.1 Å². The number of fused-ring (bicyclic) bond motifs is 2. The van der Waals surface area contributed by atoms with E-state index in [4.69, 9.17) is 4.74 Å². The lowest BCUT2D eigenvalue weighted by Crippen LogP contribution is -2.57. The lowest BCUT2D eigenvalue weighted by atomic mass is 9.97. The van der Waals surface area contributed by atoms with E-state index in [0.29, 0.717) is 49.9 Å². The Morgan fingerprint density at radius 3 is 2.37 bits per heavy atom. The van der Waals surface area contributed by atoms with Gasteiger partial charge in [-0.05, 0) is 42.2 Å². The SMILES string of the molecule is O=C1c2c(c(C(F)(F)F)nn2-c2cc3ccccc3cc2F)CCN1C1CCN(N2CCOCC2=O)CC1. The highest BCUT2D eigenvalue weighted by molar-refractivity contribution is 5.96. The van der Waals surface area contributed by atoms with Gasteiger partial charge in [-0.3, -0.25) is 14.6 Å². The van der Waals surface area contributed by atoms with Gasteiger partial charge in [0, 0.05) is 31.2 Å². The molecule has 3 aromatic rings. The first-order valence-electron chi connectivity index (χ1n) is 12.5. The Labute approximate surface area is 215 Å². The molecular weight excluding hydrogens is 506 g/mol. The standard InChI is InChI=1S/C26H25F4N5O3/c27-20-13-16-3-1-2-4-17(16)14-21(20)35-23-19(24(31-35)26(28,29)30)7-10-33(25(23)37)18-5-8-32(9-6-18)34-11-12-38-15-22(34)36/h1-4,13-14,18H,5-12,15H2. The molecule has 0 atom stereocenters. The van der Waals surface area contributed by atoms with Crippen molar-refractivity contribution in [3.8, 4) is 5.69 Å². The van der Waals surface area contributed by atoms with Crippen LogP contribution >= 0.6 is 0 Å². The maximum atomic E-state index is 15.2. The predicted molar refractivity (Wildman–Crippen MR) is 128 cm³/mol. The minimum absolute atomic E-state index is 0.0319. The summed E-state index contributed by atoms with van der Waals surface area (Å²) >= 11 is 0. The van der Waals surface area contributed by atoms with E-state index in [9.17, 15) is 22.8 Å². The van der Waals surface area contributed by atoms with Crippen molar-refractivity contribution >= 4 is 22.6 Å². The number of piperidine rings is 1. The number of amides is 2. The number of benzene rings is 2. The number of hydrogen-bond acceptors (Lipinski definition) is 5. The van der Waals surface area contributed by atoms with Crippen LogP contribution < -0.4 is 0 Å². The second-order valence-electron chi connectivity index (χ2n) is 9.74. The molecular formula is C26H25F4N5O3. The number of morpholine rings is 1. The maximum Gasteiger partial charge on any atom is 0.435 e. The smallest absolute Gasteiger partial charge is 0.370 e. The second-order valence-corrected chi connectivity index (χ2v) is 9.74. The van der Waals surface area contributed by atoms with E-state index >= 15 is 4.39 Å². The highest BCUT2D eigenvalue weighted by atomic mass is 19.4. The molecule has 200 valence electrons. The van der Waals surface area contributed by atoms with Crippen LogP contribution in [0.2, 0.25) is 0 Å². The molecule has 3 aliphatic heterocycles. The Morgan fingerprint density at radius 1 is 0.974 bits per heavy atom. The molecule has 4 heterocycles. The molecule has 0 spiro atoms. The summed E-state index contributed by atoms with van der Waals surface area (Å²) in [6, 6.07) is 9.34. The molecule has 0 aliphatic carbocycles. The number of halogens is 4. The summed E-state index contributed by atoms with van der Waals surface area (Å²) in [5.41, 5.74) is -1.81. The average molecular weight is 532 g/mol. The first kappa shape index (κ1) is 24.8. The number of alkyl halides is 3. The second kappa shape index (κ2) is 9.35. The summed E-state index contributed by atoms with van der Waals surface area (Å²) in [4.78, 5) is 27.5. The summed E-state index contributed by atoms with van der Waals surface area (Å²) in [7, 11) is 0. The molecule has 2 aromatic carbocycles. The minimum Gasteiger partial charge on any atom is -0.370 e. The number of rotatable bonds is 3. The highest BCUT2D eigenvalue weighted by Gasteiger charge is 2.45. The molecule has 2 fully saturated rings. The average Bonchev–Trinajstić information content (AvgIpc) is 3.30. The molecule has 8 nitrogen and oxygen atoms in total. The Morgan fingerprint density at radius 2 is 1.68 bits per heavy atom. The van der Waals surface area contributed by atoms with Gasteiger partial charge in [-0.2, -0.15) is 18.3 Å². The van der Waals surface area contributed by atoms with E-state index in [1.54, 1.807) is 34.2 Å². The fourth-order valence-corrected chi connectivity index (χ4v) is 5.70. The van der Waals surface area contributed by atoms with E-state index in [0.717, 1.165) is 4.68 Å². The Hall–Kier alpha value is -3.51. The third-order valence-electron chi connectivity index (χ3n) is 7.55. The van der Waals surface area contributed by atoms with Crippen molar-refractivity contribution in [2.24, 2.45) is 0 Å². The minimum atomic E-state index is -4.79. The van der Waals surface area contributed by atoms with Crippen LogP contribution in [0.3, 0.4) is 0 Å². The van der Waals surface area contributed by atoms with Gasteiger partial charge < -0.3 is 9.64 Å². The summed E-state index contributed by atoms with van der Waals surface area (Å²) in [6.07, 6.45) is -3.72. The van der Waals surface area contributed by atoms with E-state index in [1.807, 2.05) is 5.01 Å². The number of hydrogen-bond donors (Lipinski definition) is 0. The molecule has 2 amide bonds. The maximum absolute atomic E-state index is 15.2. The van der Waals surface area contributed by atoms with E-state index < -0.39 is 23.6 Å². The van der Waals surface area contributed by atoms with Crippen molar-refractivity contribution in [2.75, 3.05) is 39.4 Å². The molecule has 3 aliphatic rings. The lowest BCUT2D eigenvalue weighted by Gasteiger charge is -2.44. The van der Waals surface area contributed by atoms with Crippen LogP contribution in [0.4, 0.5) is 17.6 Å². The molecule has 6 rings (SSSR count). The topological polar surface area (TPSA) is 70.9 Å². The number of carbonyl (C=O) groups excluding carboxylic acids is 2. The molecule has 0 unspecified atom stereocenters. The number of aromatic nitrogens is 2. The van der Waals surface area contributed by atoms with Crippen LogP contribution in [0.1, 0.15) is 34.6 Å². The highest BCUT2D eigenvalue weighted by Crippen LogP contribution is 2.38. The normalized spacial score (nSPS) is 19.9. The van der Waals surface area contributed by atoms with Crippen molar-refractivity contribution in [1.29, 1.82) is 0 Å². The third-order valence-corrected chi connectivity index (χ3v) is 7.55. The molecule has 12 heteroatoms. The number of nitrogens with zero attached hydrogens (tertiary/aromatic N) is 5. The van der Waals surface area contributed by atoms with Gasteiger partial charge in [0.2, 0.25) is 0 Å². The Kier molecular flexibility index (Phi) is 6.10. The predicted octanol–water partition coefficient (Wildman–Crippen LogP) is 3.42. The molecule has 0 radical (unpaired) electrons. The zero-order valence-corrected chi connectivity index (χ0v) is 20.4. The van der Waals surface area contributed by atoms with Crippen LogP contribution in [-0.4, -0.2) is 81.9 Å². The van der Waals surface area contributed by atoms with Crippen molar-refractivity contribution < 1.29 is 31.9 Å². The van der Waals surface area contributed by atoms with Crippen LogP contribution in [0, 0.1) is 5.82 Å². The first-order chi connectivity index (χ1) is 18.2. The van der Waals surface area contributed by atoms with Gasteiger partial charge in [0.25, 0.3) is 11.8 Å². The molecule has 2 saturated heterocycles. The van der Waals surface area contributed by atoms with E-state index in [-0.39, 0.29) is 48.5 Å². The lowest BCUT2D eigenvalue weighted by molar-refractivity contribution is -0.168. The summed E-state index contributed by atoms with van der Waals surface area (Å²) in [5, 5.41) is 8.57. The van der Waals surface area contributed by atoms with Gasteiger partial charge in [-0.15, -0.1) is 0 Å². The molecule has 0 saturated carbocycles. The van der Waals surface area contributed by atoms with Crippen molar-refractivity contribution in [3.05, 3.63) is 59.2 Å². The summed E-state index contributed by atoms with van der Waals surface area (Å²) in [6.45, 7) is 2.12. The van der Waals surface area contributed by atoms with Crippen LogP contribution in [0.5, 0.6) is 0 Å². The van der Waals surface area contributed by atoms with Crippen molar-refractivity contribution in [2.45, 2.75) is 31.5 Å².